The summed E-state index contributed by atoms with van der Waals surface area (Å²) >= 11 is 5.78. The number of halogens is 2. The molecule has 0 saturated heterocycles. The Morgan fingerprint density at radius 3 is 2.69 bits per heavy atom. The molecule has 0 saturated carbocycles. The molecule has 3 heteroatoms. The lowest BCUT2D eigenvalue weighted by atomic mass is 10.1. The molecule has 0 unspecified atom stereocenters. The van der Waals surface area contributed by atoms with Crippen LogP contribution in [0.2, 0.25) is 5.02 Å². The summed E-state index contributed by atoms with van der Waals surface area (Å²) < 4.78 is 13.0. The number of hydrogen-bond acceptors (Lipinski definition) is 1. The minimum atomic E-state index is -0.438. The van der Waals surface area contributed by atoms with E-state index < -0.39 is 5.82 Å². The van der Waals surface area contributed by atoms with E-state index in [0.29, 0.717) is 11.1 Å². The Balaban J connectivity index is 2.97. The zero-order valence-corrected chi connectivity index (χ0v) is 7.48. The normalized spacial score (nSPS) is 10.6. The van der Waals surface area contributed by atoms with Crippen LogP contribution in [0.5, 0.6) is 0 Å². The maximum absolute atomic E-state index is 13.0. The molecule has 0 aliphatic carbocycles. The van der Waals surface area contributed by atoms with Crippen LogP contribution in [0, 0.1) is 5.82 Å². The van der Waals surface area contributed by atoms with Gasteiger partial charge < -0.3 is 5.73 Å². The highest BCUT2D eigenvalue weighted by atomic mass is 35.5. The molecule has 0 aliphatic rings. The van der Waals surface area contributed by atoms with Crippen LogP contribution in [0.4, 0.5) is 10.1 Å². The average molecular weight is 196 g/mol. The molecule has 0 heterocycles. The molecule has 0 atom stereocenters. The predicted octanol–water partition coefficient (Wildman–Crippen LogP) is 3.21. The molecule has 2 aromatic carbocycles. The molecule has 66 valence electrons. The summed E-state index contributed by atoms with van der Waals surface area (Å²) in [7, 11) is 0. The zero-order valence-electron chi connectivity index (χ0n) is 6.72. The van der Waals surface area contributed by atoms with Gasteiger partial charge in [-0.15, -0.1) is 0 Å². The number of fused-ring (bicyclic) bond motifs is 1. The van der Waals surface area contributed by atoms with E-state index in [-0.39, 0.29) is 5.02 Å². The van der Waals surface area contributed by atoms with E-state index in [4.69, 9.17) is 17.3 Å². The van der Waals surface area contributed by atoms with Crippen LogP contribution in [-0.2, 0) is 0 Å². The predicted molar refractivity (Wildman–Crippen MR) is 53.3 cm³/mol. The largest absolute Gasteiger partial charge is 0.398 e. The molecular formula is C10H7ClFN. The number of nitrogens with two attached hydrogens (primary N) is 1. The van der Waals surface area contributed by atoms with Crippen molar-refractivity contribution in [3.63, 3.8) is 0 Å². The second kappa shape index (κ2) is 2.89. The van der Waals surface area contributed by atoms with Crippen molar-refractivity contribution in [2.75, 3.05) is 5.73 Å². The first-order valence-corrected chi connectivity index (χ1v) is 4.20. The first kappa shape index (κ1) is 8.32. The number of benzene rings is 2. The fourth-order valence-corrected chi connectivity index (χ4v) is 1.62. The highest BCUT2D eigenvalue weighted by Gasteiger charge is 2.06. The van der Waals surface area contributed by atoms with Gasteiger partial charge in [-0.1, -0.05) is 29.8 Å². The molecule has 0 aliphatic heterocycles. The second-order valence-electron chi connectivity index (χ2n) is 2.81. The van der Waals surface area contributed by atoms with E-state index in [2.05, 4.69) is 0 Å². The summed E-state index contributed by atoms with van der Waals surface area (Å²) in [5, 5.41) is 1.53. The Bertz CT molecular complexity index is 468. The minimum absolute atomic E-state index is 0.0931. The fourth-order valence-electron chi connectivity index (χ4n) is 1.34. The van der Waals surface area contributed by atoms with Gasteiger partial charge in [0.15, 0.2) is 0 Å². The van der Waals surface area contributed by atoms with Gasteiger partial charge in [-0.25, -0.2) is 4.39 Å². The molecule has 2 N–H and O–H groups in total. The number of nitrogen functional groups attached to an aromatic ring is 1. The van der Waals surface area contributed by atoms with E-state index in [9.17, 15) is 4.39 Å². The van der Waals surface area contributed by atoms with Crippen molar-refractivity contribution >= 4 is 28.1 Å². The van der Waals surface area contributed by atoms with Gasteiger partial charge in [0.25, 0.3) is 0 Å². The molecular weight excluding hydrogens is 189 g/mol. The summed E-state index contributed by atoms with van der Waals surface area (Å²) in [4.78, 5) is 0. The quantitative estimate of drug-likeness (QED) is 0.642. The van der Waals surface area contributed by atoms with Gasteiger partial charge in [0.05, 0.1) is 5.02 Å². The fraction of sp³-hybridized carbons (Fsp3) is 0. The summed E-state index contributed by atoms with van der Waals surface area (Å²) in [6.45, 7) is 0. The van der Waals surface area contributed by atoms with Crippen LogP contribution in [-0.4, -0.2) is 0 Å². The van der Waals surface area contributed by atoms with Crippen LogP contribution in [0.25, 0.3) is 10.8 Å². The highest BCUT2D eigenvalue weighted by molar-refractivity contribution is 6.36. The van der Waals surface area contributed by atoms with Gasteiger partial charge in [-0.05, 0) is 17.5 Å². The zero-order chi connectivity index (χ0) is 9.42. The van der Waals surface area contributed by atoms with Gasteiger partial charge >= 0.3 is 0 Å². The van der Waals surface area contributed by atoms with Crippen molar-refractivity contribution in [1.82, 2.24) is 0 Å². The lowest BCUT2D eigenvalue weighted by molar-refractivity contribution is 0.630. The lowest BCUT2D eigenvalue weighted by Gasteiger charge is -2.04. The van der Waals surface area contributed by atoms with Crippen molar-refractivity contribution in [2.45, 2.75) is 0 Å². The average Bonchev–Trinajstić information content (AvgIpc) is 2.12. The third-order valence-electron chi connectivity index (χ3n) is 1.97. The molecule has 1 nitrogen and oxygen atoms in total. The van der Waals surface area contributed by atoms with Gasteiger partial charge in [0.1, 0.15) is 5.82 Å². The van der Waals surface area contributed by atoms with Crippen LogP contribution >= 0.6 is 11.6 Å². The summed E-state index contributed by atoms with van der Waals surface area (Å²) in [5.74, 6) is -0.438. The van der Waals surface area contributed by atoms with Gasteiger partial charge in [-0.2, -0.15) is 0 Å². The van der Waals surface area contributed by atoms with Crippen molar-refractivity contribution in [2.24, 2.45) is 0 Å². The van der Waals surface area contributed by atoms with Crippen molar-refractivity contribution in [3.05, 3.63) is 41.2 Å². The summed E-state index contributed by atoms with van der Waals surface area (Å²) in [6.07, 6.45) is 0. The van der Waals surface area contributed by atoms with Gasteiger partial charge in [0, 0.05) is 11.1 Å². The lowest BCUT2D eigenvalue weighted by Crippen LogP contribution is -1.88. The van der Waals surface area contributed by atoms with Gasteiger partial charge in [-0.3, -0.25) is 0 Å². The molecule has 0 fully saturated rings. The first-order chi connectivity index (χ1) is 6.20. The molecule has 0 bridgehead atoms. The molecule has 13 heavy (non-hydrogen) atoms. The molecule has 2 rings (SSSR count). The Morgan fingerprint density at radius 2 is 1.92 bits per heavy atom. The Kier molecular flexibility index (Phi) is 1.85. The third-order valence-corrected chi connectivity index (χ3v) is 2.34. The number of anilines is 1. The minimum Gasteiger partial charge on any atom is -0.398 e. The Hall–Kier alpha value is -1.28. The molecule has 0 radical (unpaired) electrons. The van der Waals surface area contributed by atoms with E-state index in [1.165, 1.54) is 6.07 Å². The third kappa shape index (κ3) is 1.23. The molecule has 0 amide bonds. The monoisotopic (exact) mass is 195 g/mol. The van der Waals surface area contributed by atoms with E-state index >= 15 is 0 Å². The smallest absolute Gasteiger partial charge is 0.142 e. The van der Waals surface area contributed by atoms with Crippen LogP contribution in [0.15, 0.2) is 30.3 Å². The van der Waals surface area contributed by atoms with E-state index in [1.807, 2.05) is 12.1 Å². The van der Waals surface area contributed by atoms with Crippen molar-refractivity contribution in [3.8, 4) is 0 Å². The number of rotatable bonds is 0. The summed E-state index contributed by atoms with van der Waals surface area (Å²) in [6, 6.07) is 8.35. The highest BCUT2D eigenvalue weighted by Crippen LogP contribution is 2.30. The summed E-state index contributed by atoms with van der Waals surface area (Å²) in [5.41, 5.74) is 6.18. The molecule has 2 aromatic rings. The van der Waals surface area contributed by atoms with Crippen molar-refractivity contribution in [1.29, 1.82) is 0 Å². The SMILES string of the molecule is Nc1cccc2ccc(F)c(Cl)c12. The van der Waals surface area contributed by atoms with Crippen LogP contribution < -0.4 is 5.73 Å². The maximum Gasteiger partial charge on any atom is 0.142 e. The van der Waals surface area contributed by atoms with E-state index in [1.54, 1.807) is 12.1 Å². The molecule has 0 spiro atoms. The van der Waals surface area contributed by atoms with Crippen LogP contribution in [0.1, 0.15) is 0 Å². The molecule has 0 aromatic heterocycles. The number of hydrogen-bond donors (Lipinski definition) is 1. The topological polar surface area (TPSA) is 26.0 Å². The first-order valence-electron chi connectivity index (χ1n) is 3.82. The Labute approximate surface area is 79.9 Å². The second-order valence-corrected chi connectivity index (χ2v) is 3.18. The van der Waals surface area contributed by atoms with E-state index in [0.717, 1.165) is 5.39 Å². The van der Waals surface area contributed by atoms with Crippen molar-refractivity contribution < 1.29 is 4.39 Å². The van der Waals surface area contributed by atoms with Crippen LogP contribution in [0.3, 0.4) is 0 Å². The maximum atomic E-state index is 13.0. The standard InChI is InChI=1S/C10H7ClFN/c11-10-7(12)5-4-6-2-1-3-8(13)9(6)10/h1-5H,13H2. The Morgan fingerprint density at radius 1 is 1.15 bits per heavy atom. The van der Waals surface area contributed by atoms with Gasteiger partial charge in [0.2, 0.25) is 0 Å².